The molecule has 0 aliphatic rings. The van der Waals surface area contributed by atoms with Crippen LogP contribution in [-0.4, -0.2) is 23.8 Å². The van der Waals surface area contributed by atoms with Gasteiger partial charge < -0.3 is 15.7 Å². The van der Waals surface area contributed by atoms with Crippen molar-refractivity contribution in [2.45, 2.75) is 40.2 Å². The van der Waals surface area contributed by atoms with E-state index >= 15 is 0 Å². The van der Waals surface area contributed by atoms with Crippen LogP contribution in [0.25, 0.3) is 0 Å². The summed E-state index contributed by atoms with van der Waals surface area (Å²) in [4.78, 5) is 11.7. The number of rotatable bonds is 4. The van der Waals surface area contributed by atoms with E-state index in [4.69, 9.17) is 0 Å². The van der Waals surface area contributed by atoms with Crippen molar-refractivity contribution in [1.82, 2.24) is 5.32 Å². The van der Waals surface area contributed by atoms with Crippen molar-refractivity contribution in [2.24, 2.45) is 5.41 Å². The third-order valence-electron chi connectivity index (χ3n) is 3.10. The Kier molecular flexibility index (Phi) is 5.36. The Morgan fingerprint density at radius 3 is 2.53 bits per heavy atom. The molecule has 4 nitrogen and oxygen atoms in total. The van der Waals surface area contributed by atoms with Gasteiger partial charge in [0.2, 0.25) is 0 Å². The normalized spacial score (nSPS) is 12.9. The van der Waals surface area contributed by atoms with Crippen LogP contribution in [-0.2, 0) is 0 Å². The summed E-state index contributed by atoms with van der Waals surface area (Å²) in [5.41, 5.74) is 1.66. The van der Waals surface area contributed by atoms with Crippen molar-refractivity contribution < 1.29 is 9.90 Å². The number of aryl methyl sites for hydroxylation is 1. The molecule has 19 heavy (non-hydrogen) atoms. The van der Waals surface area contributed by atoms with Gasteiger partial charge in [0, 0.05) is 12.2 Å². The average Bonchev–Trinajstić information content (AvgIpc) is 2.31. The molecule has 1 aromatic rings. The molecule has 106 valence electrons. The fourth-order valence-corrected chi connectivity index (χ4v) is 1.64. The molecule has 3 N–H and O–H groups in total. The molecule has 1 atom stereocenters. The average molecular weight is 264 g/mol. The molecular weight excluding hydrogens is 240 g/mol. The minimum Gasteiger partial charge on any atom is -0.393 e. The predicted octanol–water partition coefficient (Wildman–Crippen LogP) is 2.91. The van der Waals surface area contributed by atoms with Crippen molar-refractivity contribution in [3.63, 3.8) is 0 Å². The number of para-hydroxylation sites is 1. The van der Waals surface area contributed by atoms with Gasteiger partial charge in [0.1, 0.15) is 0 Å². The lowest BCUT2D eigenvalue weighted by atomic mass is 9.87. The molecule has 1 aromatic carbocycles. The molecule has 0 heterocycles. The van der Waals surface area contributed by atoms with Crippen LogP contribution < -0.4 is 10.6 Å². The summed E-state index contributed by atoms with van der Waals surface area (Å²) in [6, 6.07) is 7.37. The molecule has 0 aliphatic heterocycles. The zero-order valence-corrected chi connectivity index (χ0v) is 12.2. The number of anilines is 1. The highest BCUT2D eigenvalue weighted by Gasteiger charge is 2.21. The lowest BCUT2D eigenvalue weighted by molar-refractivity contribution is 0.0565. The molecule has 0 fully saturated rings. The number of carbonyl (C=O) groups is 1. The number of hydrogen-bond donors (Lipinski definition) is 3. The Bertz CT molecular complexity index is 424. The molecule has 1 rings (SSSR count). The highest BCUT2D eigenvalue weighted by Crippen LogP contribution is 2.21. The zero-order chi connectivity index (χ0) is 14.5. The number of benzene rings is 1. The number of carbonyl (C=O) groups excluding carboxylic acids is 1. The van der Waals surface area contributed by atoms with Gasteiger partial charge in [-0.05, 0) is 30.4 Å². The SMILES string of the molecule is Cc1ccccc1NC(=O)NCC[C@@H](O)C(C)(C)C. The van der Waals surface area contributed by atoms with Crippen molar-refractivity contribution in [2.75, 3.05) is 11.9 Å². The predicted molar refractivity (Wildman–Crippen MR) is 78.3 cm³/mol. The maximum atomic E-state index is 11.7. The lowest BCUT2D eigenvalue weighted by Crippen LogP contribution is -2.34. The second kappa shape index (κ2) is 6.57. The number of nitrogens with one attached hydrogen (secondary N) is 2. The molecular formula is C15H24N2O2. The van der Waals surface area contributed by atoms with E-state index in [0.29, 0.717) is 13.0 Å². The Hall–Kier alpha value is -1.55. The molecule has 0 aromatic heterocycles. The molecule has 2 amide bonds. The Morgan fingerprint density at radius 2 is 1.95 bits per heavy atom. The first-order valence-corrected chi connectivity index (χ1v) is 6.59. The van der Waals surface area contributed by atoms with Crippen LogP contribution in [0.3, 0.4) is 0 Å². The maximum absolute atomic E-state index is 11.7. The first kappa shape index (κ1) is 15.5. The van der Waals surface area contributed by atoms with Crippen molar-refractivity contribution in [1.29, 1.82) is 0 Å². The third-order valence-corrected chi connectivity index (χ3v) is 3.10. The quantitative estimate of drug-likeness (QED) is 0.783. The first-order valence-electron chi connectivity index (χ1n) is 6.59. The first-order chi connectivity index (χ1) is 8.80. The van der Waals surface area contributed by atoms with Gasteiger partial charge >= 0.3 is 6.03 Å². The van der Waals surface area contributed by atoms with E-state index in [0.717, 1.165) is 11.3 Å². The zero-order valence-electron chi connectivity index (χ0n) is 12.2. The van der Waals surface area contributed by atoms with Crippen LogP contribution in [0.2, 0.25) is 0 Å². The van der Waals surface area contributed by atoms with E-state index in [-0.39, 0.29) is 11.4 Å². The summed E-state index contributed by atoms with van der Waals surface area (Å²) in [6.45, 7) is 8.33. The largest absolute Gasteiger partial charge is 0.393 e. The van der Waals surface area contributed by atoms with Gasteiger partial charge in [-0.3, -0.25) is 0 Å². The van der Waals surface area contributed by atoms with Crippen LogP contribution in [0.15, 0.2) is 24.3 Å². The van der Waals surface area contributed by atoms with Gasteiger partial charge in [0.25, 0.3) is 0 Å². The minimum atomic E-state index is -0.425. The molecule has 0 saturated heterocycles. The van der Waals surface area contributed by atoms with Gasteiger partial charge in [-0.15, -0.1) is 0 Å². The molecule has 0 spiro atoms. The van der Waals surface area contributed by atoms with Crippen LogP contribution in [0.5, 0.6) is 0 Å². The van der Waals surface area contributed by atoms with E-state index in [1.54, 1.807) is 0 Å². The Labute approximate surface area is 115 Å². The van der Waals surface area contributed by atoms with Crippen molar-refractivity contribution in [3.8, 4) is 0 Å². The number of aliphatic hydroxyl groups excluding tert-OH is 1. The highest BCUT2D eigenvalue weighted by molar-refractivity contribution is 5.89. The summed E-state index contributed by atoms with van der Waals surface area (Å²) < 4.78 is 0. The molecule has 0 radical (unpaired) electrons. The summed E-state index contributed by atoms with van der Waals surface area (Å²) in [5.74, 6) is 0. The van der Waals surface area contributed by atoms with Crippen LogP contribution in [0.4, 0.5) is 10.5 Å². The van der Waals surface area contributed by atoms with Crippen LogP contribution in [0, 0.1) is 12.3 Å². The summed E-state index contributed by atoms with van der Waals surface area (Å²) >= 11 is 0. The molecule has 0 aliphatic carbocycles. The fourth-order valence-electron chi connectivity index (χ4n) is 1.64. The standard InChI is InChI=1S/C15H24N2O2/c1-11-7-5-6-8-12(11)17-14(19)16-10-9-13(18)15(2,3)4/h5-8,13,18H,9-10H2,1-4H3,(H2,16,17,19)/t13-/m1/s1. The van der Waals surface area contributed by atoms with Crippen LogP contribution >= 0.6 is 0 Å². The summed E-state index contributed by atoms with van der Waals surface area (Å²) in [6.07, 6.45) is 0.122. The number of urea groups is 1. The van der Waals surface area contributed by atoms with Crippen molar-refractivity contribution >= 4 is 11.7 Å². The molecule has 4 heteroatoms. The van der Waals surface area contributed by atoms with Crippen LogP contribution in [0.1, 0.15) is 32.8 Å². The Morgan fingerprint density at radius 1 is 1.32 bits per heavy atom. The van der Waals surface area contributed by atoms with Gasteiger partial charge in [-0.2, -0.15) is 0 Å². The number of aliphatic hydroxyl groups is 1. The van der Waals surface area contributed by atoms with E-state index < -0.39 is 6.10 Å². The number of hydrogen-bond acceptors (Lipinski definition) is 2. The van der Waals surface area contributed by atoms with Gasteiger partial charge in [0.15, 0.2) is 0 Å². The maximum Gasteiger partial charge on any atom is 0.319 e. The second-order valence-electron chi connectivity index (χ2n) is 5.87. The highest BCUT2D eigenvalue weighted by atomic mass is 16.3. The van der Waals surface area contributed by atoms with Crippen molar-refractivity contribution in [3.05, 3.63) is 29.8 Å². The summed E-state index contributed by atoms with van der Waals surface area (Å²) in [5, 5.41) is 15.4. The van der Waals surface area contributed by atoms with Gasteiger partial charge in [0.05, 0.1) is 6.10 Å². The minimum absolute atomic E-state index is 0.159. The third kappa shape index (κ3) is 5.30. The van der Waals surface area contributed by atoms with Gasteiger partial charge in [-0.1, -0.05) is 39.0 Å². The molecule has 0 bridgehead atoms. The fraction of sp³-hybridized carbons (Fsp3) is 0.533. The van der Waals surface area contributed by atoms with E-state index in [1.807, 2.05) is 52.0 Å². The summed E-state index contributed by atoms with van der Waals surface area (Å²) in [7, 11) is 0. The number of amides is 2. The molecule has 0 unspecified atom stereocenters. The van der Waals surface area contributed by atoms with E-state index in [1.165, 1.54) is 0 Å². The van der Waals surface area contributed by atoms with E-state index in [9.17, 15) is 9.90 Å². The van der Waals surface area contributed by atoms with E-state index in [2.05, 4.69) is 10.6 Å². The molecule has 0 saturated carbocycles. The topological polar surface area (TPSA) is 61.4 Å². The Balaban J connectivity index is 2.35. The smallest absolute Gasteiger partial charge is 0.319 e. The van der Waals surface area contributed by atoms with Gasteiger partial charge in [-0.25, -0.2) is 4.79 Å². The second-order valence-corrected chi connectivity index (χ2v) is 5.87. The lowest BCUT2D eigenvalue weighted by Gasteiger charge is -2.25. The monoisotopic (exact) mass is 264 g/mol.